The number of fused-ring (bicyclic) bond motifs is 1. The van der Waals surface area contributed by atoms with Crippen LogP contribution in [0, 0.1) is 23.7 Å². The summed E-state index contributed by atoms with van der Waals surface area (Å²) in [5, 5.41) is 21.1. The zero-order valence-electron chi connectivity index (χ0n) is 14.9. The fraction of sp³-hybridized carbons (Fsp3) is 0.190. The molecule has 1 heterocycles. The van der Waals surface area contributed by atoms with E-state index in [1.54, 1.807) is 6.07 Å². The highest BCUT2D eigenvalue weighted by Gasteiger charge is 2.25. The van der Waals surface area contributed by atoms with Gasteiger partial charge in [0.05, 0.1) is 23.9 Å². The van der Waals surface area contributed by atoms with Crippen LogP contribution in [0.25, 0.3) is 0 Å². The Morgan fingerprint density at radius 2 is 2.22 bits per heavy atom. The first-order valence-electron chi connectivity index (χ1n) is 8.75. The van der Waals surface area contributed by atoms with Crippen LogP contribution in [-0.4, -0.2) is 10.7 Å². The first-order chi connectivity index (χ1) is 13.1. The smallest absolute Gasteiger partial charge is 0.181 e. The fourth-order valence-electron chi connectivity index (χ4n) is 3.69. The van der Waals surface area contributed by atoms with Crippen LogP contribution in [0.15, 0.2) is 47.3 Å². The van der Waals surface area contributed by atoms with Crippen LogP contribution in [0.4, 0.5) is 11.4 Å². The fourth-order valence-corrected chi connectivity index (χ4v) is 3.69. The molecule has 6 nitrogen and oxygen atoms in total. The lowest BCUT2D eigenvalue weighted by Gasteiger charge is -2.18. The highest BCUT2D eigenvalue weighted by Crippen LogP contribution is 2.37. The molecule has 1 atom stereocenters. The van der Waals surface area contributed by atoms with E-state index >= 15 is 0 Å². The largest absolute Gasteiger partial charge is 0.442 e. The minimum absolute atomic E-state index is 0.169. The van der Waals surface area contributed by atoms with Crippen molar-refractivity contribution in [3.05, 3.63) is 76.5 Å². The molecule has 3 aromatic rings. The van der Waals surface area contributed by atoms with E-state index in [2.05, 4.69) is 16.4 Å². The maximum Gasteiger partial charge on any atom is 0.181 e. The molecule has 6 heteroatoms. The topological polar surface area (TPSA) is 112 Å². The third kappa shape index (κ3) is 2.93. The number of benzene rings is 2. The Hall–Kier alpha value is -3.59. The predicted molar refractivity (Wildman–Crippen MR) is 104 cm³/mol. The number of aromatic nitrogens is 1. The van der Waals surface area contributed by atoms with Crippen molar-refractivity contribution in [2.24, 2.45) is 0 Å². The third-order valence-electron chi connectivity index (χ3n) is 5.16. The normalized spacial score (nSPS) is 15.2. The zero-order chi connectivity index (χ0) is 19.0. The van der Waals surface area contributed by atoms with Crippen molar-refractivity contribution in [1.29, 1.82) is 10.7 Å². The standard InChI is InChI=1S/C21H19N5O/c1-12-13(9-22)2-4-16-15(12)5-7-19(16)26-14-3-6-18(23)17(8-14)21(24)20-10-25-11-27-20/h2-4,6,8,10-11,19,24,26H,5,7,23H2,1H3/t19-/m1/s1. The average Bonchev–Trinajstić information content (AvgIpc) is 3.34. The summed E-state index contributed by atoms with van der Waals surface area (Å²) in [5.41, 5.74) is 12.6. The van der Waals surface area contributed by atoms with Crippen molar-refractivity contribution < 1.29 is 4.42 Å². The summed E-state index contributed by atoms with van der Waals surface area (Å²) in [6, 6.07) is 11.9. The molecule has 0 aliphatic heterocycles. The number of anilines is 2. The summed E-state index contributed by atoms with van der Waals surface area (Å²) in [7, 11) is 0. The van der Waals surface area contributed by atoms with E-state index in [0.717, 1.165) is 29.7 Å². The molecule has 4 N–H and O–H groups in total. The van der Waals surface area contributed by atoms with Crippen LogP contribution in [0.2, 0.25) is 0 Å². The SMILES string of the molecule is Cc1c(C#N)ccc2c1CC[C@H]2Nc1ccc(N)c(C(=N)c2cnco2)c1. The molecule has 1 aromatic heterocycles. The van der Waals surface area contributed by atoms with Crippen LogP contribution < -0.4 is 11.1 Å². The number of hydrogen-bond donors (Lipinski definition) is 3. The van der Waals surface area contributed by atoms with Gasteiger partial charge in [-0.3, -0.25) is 5.41 Å². The number of rotatable bonds is 4. The Kier molecular flexibility index (Phi) is 4.13. The molecule has 4 rings (SSSR count). The molecule has 0 fully saturated rings. The van der Waals surface area contributed by atoms with Gasteiger partial charge in [-0.2, -0.15) is 5.26 Å². The molecule has 0 amide bonds. The maximum absolute atomic E-state index is 9.23. The van der Waals surface area contributed by atoms with Crippen LogP contribution >= 0.6 is 0 Å². The van der Waals surface area contributed by atoms with Gasteiger partial charge in [0, 0.05) is 16.9 Å². The van der Waals surface area contributed by atoms with Gasteiger partial charge >= 0.3 is 0 Å². The van der Waals surface area contributed by atoms with E-state index in [1.807, 2.05) is 31.2 Å². The van der Waals surface area contributed by atoms with Gasteiger partial charge in [0.25, 0.3) is 0 Å². The van der Waals surface area contributed by atoms with E-state index in [4.69, 9.17) is 15.6 Å². The summed E-state index contributed by atoms with van der Waals surface area (Å²) in [6.07, 6.45) is 4.72. The number of oxazole rings is 1. The van der Waals surface area contributed by atoms with Gasteiger partial charge in [-0.15, -0.1) is 0 Å². The first-order valence-corrected chi connectivity index (χ1v) is 8.75. The van der Waals surface area contributed by atoms with Gasteiger partial charge in [0.1, 0.15) is 5.71 Å². The second kappa shape index (κ2) is 6.61. The molecule has 2 aromatic carbocycles. The number of nitriles is 1. The second-order valence-corrected chi connectivity index (χ2v) is 6.70. The lowest BCUT2D eigenvalue weighted by atomic mass is 9.98. The van der Waals surface area contributed by atoms with Crippen LogP contribution in [0.1, 0.15) is 46.0 Å². The molecule has 0 spiro atoms. The molecule has 0 radical (unpaired) electrons. The van der Waals surface area contributed by atoms with Crippen molar-refractivity contribution in [1.82, 2.24) is 4.98 Å². The summed E-state index contributed by atoms with van der Waals surface area (Å²) >= 11 is 0. The van der Waals surface area contributed by atoms with Gasteiger partial charge < -0.3 is 15.5 Å². The molecular weight excluding hydrogens is 338 g/mol. The Morgan fingerprint density at radius 3 is 2.96 bits per heavy atom. The van der Waals surface area contributed by atoms with Crippen LogP contribution in [0.5, 0.6) is 0 Å². The Balaban J connectivity index is 1.62. The van der Waals surface area contributed by atoms with Crippen molar-refractivity contribution in [3.63, 3.8) is 0 Å². The van der Waals surface area contributed by atoms with E-state index < -0.39 is 0 Å². The Labute approximate surface area is 157 Å². The summed E-state index contributed by atoms with van der Waals surface area (Å²) in [4.78, 5) is 3.86. The van der Waals surface area contributed by atoms with Crippen molar-refractivity contribution in [2.75, 3.05) is 11.1 Å². The number of nitrogens with two attached hydrogens (primary N) is 1. The number of nitrogens with one attached hydrogen (secondary N) is 2. The highest BCUT2D eigenvalue weighted by molar-refractivity contribution is 6.12. The number of nitrogens with zero attached hydrogens (tertiary/aromatic N) is 2. The van der Waals surface area contributed by atoms with E-state index in [-0.39, 0.29) is 11.8 Å². The van der Waals surface area contributed by atoms with Gasteiger partial charge in [0.2, 0.25) is 0 Å². The Bertz CT molecular complexity index is 1060. The first kappa shape index (κ1) is 16.9. The molecular formula is C21H19N5O. The summed E-state index contributed by atoms with van der Waals surface area (Å²) in [6.45, 7) is 2.01. The van der Waals surface area contributed by atoms with Gasteiger partial charge in [-0.05, 0) is 60.7 Å². The van der Waals surface area contributed by atoms with Crippen LogP contribution in [-0.2, 0) is 6.42 Å². The quantitative estimate of drug-likeness (QED) is 0.483. The van der Waals surface area contributed by atoms with E-state index in [1.165, 1.54) is 23.7 Å². The van der Waals surface area contributed by atoms with Gasteiger partial charge in [0.15, 0.2) is 12.2 Å². The third-order valence-corrected chi connectivity index (χ3v) is 5.16. The van der Waals surface area contributed by atoms with Crippen molar-refractivity contribution in [3.8, 4) is 6.07 Å². The van der Waals surface area contributed by atoms with Gasteiger partial charge in [-0.25, -0.2) is 4.98 Å². The molecule has 0 saturated carbocycles. The maximum atomic E-state index is 9.23. The minimum atomic E-state index is 0.169. The highest BCUT2D eigenvalue weighted by atomic mass is 16.3. The van der Waals surface area contributed by atoms with E-state index in [0.29, 0.717) is 17.0 Å². The lowest BCUT2D eigenvalue weighted by molar-refractivity contribution is 0.548. The summed E-state index contributed by atoms with van der Waals surface area (Å²) < 4.78 is 5.22. The molecule has 1 aliphatic rings. The van der Waals surface area contributed by atoms with Crippen molar-refractivity contribution >= 4 is 17.1 Å². The zero-order valence-corrected chi connectivity index (χ0v) is 14.9. The Morgan fingerprint density at radius 1 is 1.37 bits per heavy atom. The molecule has 1 aliphatic carbocycles. The lowest BCUT2D eigenvalue weighted by Crippen LogP contribution is -2.10. The van der Waals surface area contributed by atoms with E-state index in [9.17, 15) is 5.26 Å². The molecule has 0 bridgehead atoms. The second-order valence-electron chi connectivity index (χ2n) is 6.70. The molecule has 0 saturated heterocycles. The average molecular weight is 357 g/mol. The molecule has 134 valence electrons. The van der Waals surface area contributed by atoms with Crippen molar-refractivity contribution in [2.45, 2.75) is 25.8 Å². The number of nitrogen functional groups attached to an aromatic ring is 1. The monoisotopic (exact) mass is 357 g/mol. The molecule has 0 unspecified atom stereocenters. The van der Waals surface area contributed by atoms with Crippen LogP contribution in [0.3, 0.4) is 0 Å². The molecule has 27 heavy (non-hydrogen) atoms. The predicted octanol–water partition coefficient (Wildman–Crippen LogP) is 3.95. The van der Waals surface area contributed by atoms with Gasteiger partial charge in [-0.1, -0.05) is 6.07 Å². The summed E-state index contributed by atoms with van der Waals surface area (Å²) in [5.74, 6) is 0.379. The number of hydrogen-bond acceptors (Lipinski definition) is 6. The minimum Gasteiger partial charge on any atom is -0.442 e.